The maximum absolute atomic E-state index is 8.21. The molecular formula is C5H11NOS. The molecule has 8 heavy (non-hydrogen) atoms. The zero-order valence-corrected chi connectivity index (χ0v) is 6.24. The van der Waals surface area contributed by atoms with Gasteiger partial charge in [-0.05, 0) is 20.8 Å². The molecule has 3 heteroatoms. The maximum atomic E-state index is 8.21. The Morgan fingerprint density at radius 1 is 1.62 bits per heavy atom. The Kier molecular flexibility index (Phi) is 2.34. The van der Waals surface area contributed by atoms with Crippen molar-refractivity contribution in [1.29, 1.82) is 0 Å². The van der Waals surface area contributed by atoms with Gasteiger partial charge in [0.1, 0.15) is 0 Å². The Morgan fingerprint density at radius 2 is 2.00 bits per heavy atom. The molecule has 0 aromatic carbocycles. The molecule has 0 heterocycles. The maximum Gasteiger partial charge on any atom is 0.0692 e. The average Bonchev–Trinajstić information content (AvgIpc) is 1.62. The summed E-state index contributed by atoms with van der Waals surface area (Å²) in [6.45, 7) is 5.46. The highest BCUT2D eigenvalue weighted by Gasteiger charge is 2.15. The van der Waals surface area contributed by atoms with Crippen LogP contribution in [0, 0.1) is 0 Å². The van der Waals surface area contributed by atoms with Gasteiger partial charge in [0.15, 0.2) is 0 Å². The van der Waals surface area contributed by atoms with Crippen molar-refractivity contribution in [3.8, 4) is 0 Å². The van der Waals surface area contributed by atoms with Gasteiger partial charge in [-0.3, -0.25) is 0 Å². The summed E-state index contributed by atoms with van der Waals surface area (Å²) in [5, 5.41) is 11.2. The van der Waals surface area contributed by atoms with E-state index in [4.69, 9.17) is 5.21 Å². The Labute approximate surface area is 55.0 Å². The van der Waals surface area contributed by atoms with Crippen molar-refractivity contribution in [3.63, 3.8) is 0 Å². The Hall–Kier alpha value is -0.180. The van der Waals surface area contributed by atoms with Gasteiger partial charge in [-0.2, -0.15) is 12.6 Å². The first-order valence-corrected chi connectivity index (χ1v) is 2.84. The molecule has 0 aromatic heterocycles. The fourth-order valence-electron chi connectivity index (χ4n) is 0.122. The molecule has 0 aliphatic rings. The van der Waals surface area contributed by atoms with Gasteiger partial charge in [-0.1, -0.05) is 5.16 Å². The van der Waals surface area contributed by atoms with Crippen LogP contribution in [0.3, 0.4) is 0 Å². The quantitative estimate of drug-likeness (QED) is 0.242. The van der Waals surface area contributed by atoms with Crippen LogP contribution in [0.25, 0.3) is 0 Å². The van der Waals surface area contributed by atoms with E-state index in [1.807, 2.05) is 13.8 Å². The van der Waals surface area contributed by atoms with Crippen LogP contribution in [0.2, 0.25) is 0 Å². The fourth-order valence-corrected chi connectivity index (χ4v) is 0.167. The van der Waals surface area contributed by atoms with Gasteiger partial charge < -0.3 is 5.21 Å². The van der Waals surface area contributed by atoms with E-state index in [-0.39, 0.29) is 4.75 Å². The second kappa shape index (κ2) is 2.40. The largest absolute Gasteiger partial charge is 0.411 e. The first-order valence-electron chi connectivity index (χ1n) is 2.40. The minimum atomic E-state index is -0.297. The summed E-state index contributed by atoms with van der Waals surface area (Å²) >= 11 is 4.14. The molecule has 0 rings (SSSR count). The summed E-state index contributed by atoms with van der Waals surface area (Å²) in [4.78, 5) is 0. The topological polar surface area (TPSA) is 32.6 Å². The third-order valence-corrected chi connectivity index (χ3v) is 1.36. The molecule has 0 aromatic rings. The summed E-state index contributed by atoms with van der Waals surface area (Å²) < 4.78 is -0.297. The molecule has 0 saturated carbocycles. The molecule has 0 saturated heterocycles. The number of oxime groups is 1. The highest BCUT2D eigenvalue weighted by molar-refractivity contribution is 7.82. The minimum absolute atomic E-state index is 0.297. The Bertz CT molecular complexity index is 103. The van der Waals surface area contributed by atoms with Gasteiger partial charge in [0, 0.05) is 4.75 Å². The van der Waals surface area contributed by atoms with E-state index in [0.29, 0.717) is 5.71 Å². The second-order valence-electron chi connectivity index (χ2n) is 2.24. The minimum Gasteiger partial charge on any atom is -0.411 e. The van der Waals surface area contributed by atoms with Gasteiger partial charge in [0.25, 0.3) is 0 Å². The van der Waals surface area contributed by atoms with Gasteiger partial charge in [-0.15, -0.1) is 0 Å². The van der Waals surface area contributed by atoms with Crippen LogP contribution in [0.15, 0.2) is 5.16 Å². The highest BCUT2D eigenvalue weighted by Crippen LogP contribution is 2.13. The van der Waals surface area contributed by atoms with Crippen molar-refractivity contribution in [3.05, 3.63) is 0 Å². The van der Waals surface area contributed by atoms with E-state index in [1.54, 1.807) is 6.92 Å². The Morgan fingerprint density at radius 3 is 2.00 bits per heavy atom. The second-order valence-corrected chi connectivity index (χ2v) is 3.36. The van der Waals surface area contributed by atoms with E-state index in [0.717, 1.165) is 0 Å². The summed E-state index contributed by atoms with van der Waals surface area (Å²) in [5.41, 5.74) is 0.626. The van der Waals surface area contributed by atoms with Gasteiger partial charge in [0.2, 0.25) is 0 Å². The molecule has 0 aliphatic carbocycles. The molecule has 0 radical (unpaired) electrons. The molecule has 48 valence electrons. The third-order valence-electron chi connectivity index (χ3n) is 1.04. The van der Waals surface area contributed by atoms with E-state index in [9.17, 15) is 0 Å². The standard InChI is InChI=1S/C5H11NOS/c1-4(6-7)5(2,3)8/h7-8H,1-3H3. The average molecular weight is 133 g/mol. The van der Waals surface area contributed by atoms with Crippen molar-refractivity contribution < 1.29 is 5.21 Å². The summed E-state index contributed by atoms with van der Waals surface area (Å²) in [6.07, 6.45) is 0. The van der Waals surface area contributed by atoms with E-state index < -0.39 is 0 Å². The van der Waals surface area contributed by atoms with E-state index in [2.05, 4.69) is 17.8 Å². The third kappa shape index (κ3) is 2.21. The number of nitrogens with zero attached hydrogens (tertiary/aromatic N) is 1. The fraction of sp³-hybridized carbons (Fsp3) is 0.800. The van der Waals surface area contributed by atoms with Crippen LogP contribution in [0.1, 0.15) is 20.8 Å². The molecule has 0 aliphatic heterocycles. The van der Waals surface area contributed by atoms with Crippen molar-refractivity contribution in [1.82, 2.24) is 0 Å². The number of thiol groups is 1. The summed E-state index contributed by atoms with van der Waals surface area (Å²) in [5.74, 6) is 0. The number of rotatable bonds is 1. The van der Waals surface area contributed by atoms with Crippen LogP contribution in [0.5, 0.6) is 0 Å². The lowest BCUT2D eigenvalue weighted by molar-refractivity contribution is 0.316. The summed E-state index contributed by atoms with van der Waals surface area (Å²) in [7, 11) is 0. The normalized spacial score (nSPS) is 14.2. The van der Waals surface area contributed by atoms with Gasteiger partial charge in [0.05, 0.1) is 5.71 Å². The molecule has 0 unspecified atom stereocenters. The molecule has 0 fully saturated rings. The first kappa shape index (κ1) is 7.82. The van der Waals surface area contributed by atoms with E-state index >= 15 is 0 Å². The van der Waals surface area contributed by atoms with E-state index in [1.165, 1.54) is 0 Å². The lowest BCUT2D eigenvalue weighted by Gasteiger charge is -2.13. The molecule has 0 spiro atoms. The lowest BCUT2D eigenvalue weighted by atomic mass is 10.1. The van der Waals surface area contributed by atoms with Gasteiger partial charge in [-0.25, -0.2) is 0 Å². The monoisotopic (exact) mass is 133 g/mol. The smallest absolute Gasteiger partial charge is 0.0692 e. The Balaban J connectivity index is 4.03. The highest BCUT2D eigenvalue weighted by atomic mass is 32.1. The lowest BCUT2D eigenvalue weighted by Crippen LogP contribution is -2.21. The van der Waals surface area contributed by atoms with Crippen LogP contribution < -0.4 is 0 Å². The van der Waals surface area contributed by atoms with Crippen molar-refractivity contribution in [2.75, 3.05) is 0 Å². The predicted octanol–water partition coefficient (Wildman–Crippen LogP) is 1.54. The molecular weight excluding hydrogens is 122 g/mol. The number of hydrogen-bond donors (Lipinski definition) is 2. The molecule has 0 amide bonds. The summed E-state index contributed by atoms with van der Waals surface area (Å²) in [6, 6.07) is 0. The van der Waals surface area contributed by atoms with Crippen molar-refractivity contribution in [2.45, 2.75) is 25.5 Å². The van der Waals surface area contributed by atoms with Crippen LogP contribution in [-0.2, 0) is 0 Å². The van der Waals surface area contributed by atoms with Crippen LogP contribution in [0.4, 0.5) is 0 Å². The van der Waals surface area contributed by atoms with Gasteiger partial charge >= 0.3 is 0 Å². The SMILES string of the molecule is CC(=NO)C(C)(C)S. The zero-order chi connectivity index (χ0) is 6.78. The molecule has 1 N–H and O–H groups in total. The molecule has 0 atom stereocenters. The van der Waals surface area contributed by atoms with Crippen LogP contribution in [-0.4, -0.2) is 15.7 Å². The predicted molar refractivity (Wildman–Crippen MR) is 38.0 cm³/mol. The van der Waals surface area contributed by atoms with Crippen molar-refractivity contribution >= 4 is 18.3 Å². The molecule has 2 nitrogen and oxygen atoms in total. The van der Waals surface area contributed by atoms with Crippen LogP contribution >= 0.6 is 12.6 Å². The molecule has 0 bridgehead atoms. The number of hydrogen-bond acceptors (Lipinski definition) is 3. The van der Waals surface area contributed by atoms with Crippen molar-refractivity contribution in [2.24, 2.45) is 5.16 Å². The zero-order valence-electron chi connectivity index (χ0n) is 5.34. The first-order chi connectivity index (χ1) is 3.48.